The predicted octanol–water partition coefficient (Wildman–Crippen LogP) is 2.64. The molecule has 0 fully saturated rings. The minimum absolute atomic E-state index is 0.0203. The third-order valence-electron chi connectivity index (χ3n) is 3.98. The molecule has 0 atom stereocenters. The molecular weight excluding hydrogens is 314 g/mol. The molecule has 2 rings (SSSR count). The first-order valence-corrected chi connectivity index (χ1v) is 8.24. The topological polar surface area (TPSA) is 63.9 Å². The monoisotopic (exact) mass is 339 g/mol. The first kappa shape index (κ1) is 18.6. The maximum Gasteiger partial charge on any atom is 0.251 e. The fraction of sp³-hybridized carbons (Fsp3) is 0.368. The number of hydrogen-bond donors (Lipinski definition) is 0. The molecule has 1 amide bonds. The summed E-state index contributed by atoms with van der Waals surface area (Å²) in [5.41, 5.74) is 4.37. The molecular formula is C19H25N5O. The molecule has 6 nitrogen and oxygen atoms in total. The van der Waals surface area contributed by atoms with E-state index in [1.165, 1.54) is 0 Å². The summed E-state index contributed by atoms with van der Waals surface area (Å²) in [6, 6.07) is 1.92. The van der Waals surface area contributed by atoms with Crippen LogP contribution < -0.4 is 0 Å². The summed E-state index contributed by atoms with van der Waals surface area (Å²) in [5.74, 6) is 0.553. The second-order valence-electron chi connectivity index (χ2n) is 6.06. The van der Waals surface area contributed by atoms with Gasteiger partial charge in [-0.2, -0.15) is 5.10 Å². The Morgan fingerprint density at radius 2 is 1.68 bits per heavy atom. The smallest absolute Gasteiger partial charge is 0.251 e. The number of carbonyl (C=O) groups excluding carboxylic acids is 1. The van der Waals surface area contributed by atoms with E-state index in [4.69, 9.17) is 0 Å². The molecule has 0 spiro atoms. The quantitative estimate of drug-likeness (QED) is 0.728. The summed E-state index contributed by atoms with van der Waals surface area (Å²) in [6.45, 7) is 16.1. The van der Waals surface area contributed by atoms with Crippen molar-refractivity contribution in [1.82, 2.24) is 24.6 Å². The summed E-state index contributed by atoms with van der Waals surface area (Å²) in [4.78, 5) is 23.2. The molecule has 0 aromatic carbocycles. The molecule has 0 aliphatic carbocycles. The van der Waals surface area contributed by atoms with E-state index in [1.807, 2.05) is 33.8 Å². The average molecular weight is 339 g/mol. The van der Waals surface area contributed by atoms with Crippen LogP contribution in [-0.2, 0) is 11.2 Å². The Morgan fingerprint density at radius 1 is 1.12 bits per heavy atom. The zero-order chi connectivity index (χ0) is 18.6. The first-order chi connectivity index (χ1) is 11.9. The van der Waals surface area contributed by atoms with Gasteiger partial charge in [0.2, 0.25) is 5.91 Å². The number of nitrogens with zero attached hydrogens (tertiary/aromatic N) is 5. The largest absolute Gasteiger partial charge is 0.335 e. The van der Waals surface area contributed by atoms with E-state index in [1.54, 1.807) is 21.7 Å². The Morgan fingerprint density at radius 3 is 2.20 bits per heavy atom. The van der Waals surface area contributed by atoms with Crippen LogP contribution in [0.4, 0.5) is 0 Å². The molecule has 0 saturated heterocycles. The van der Waals surface area contributed by atoms with Crippen LogP contribution in [0.1, 0.15) is 28.3 Å². The van der Waals surface area contributed by atoms with Crippen molar-refractivity contribution in [3.63, 3.8) is 0 Å². The van der Waals surface area contributed by atoms with Crippen molar-refractivity contribution in [2.45, 2.75) is 34.1 Å². The highest BCUT2D eigenvalue weighted by molar-refractivity contribution is 5.79. The Kier molecular flexibility index (Phi) is 5.85. The molecule has 2 aromatic rings. The molecule has 6 heteroatoms. The molecule has 0 aliphatic rings. The van der Waals surface area contributed by atoms with Gasteiger partial charge in [0.15, 0.2) is 0 Å². The van der Waals surface area contributed by atoms with Gasteiger partial charge in [0, 0.05) is 35.7 Å². The summed E-state index contributed by atoms with van der Waals surface area (Å²) in [6.07, 6.45) is 3.71. The molecule has 0 aliphatic heterocycles. The molecule has 0 saturated carbocycles. The van der Waals surface area contributed by atoms with Crippen molar-refractivity contribution < 1.29 is 4.79 Å². The minimum atomic E-state index is 0.0203. The van der Waals surface area contributed by atoms with Gasteiger partial charge in [0.05, 0.1) is 12.1 Å². The van der Waals surface area contributed by atoms with Crippen LogP contribution in [0.25, 0.3) is 5.95 Å². The van der Waals surface area contributed by atoms with Gasteiger partial charge in [-0.15, -0.1) is 13.2 Å². The van der Waals surface area contributed by atoms with Gasteiger partial charge in [-0.3, -0.25) is 4.79 Å². The second kappa shape index (κ2) is 7.88. The number of hydrogen-bond acceptors (Lipinski definition) is 4. The standard InChI is InChI=1S/C19H25N5O/c1-7-9-23(10-8-2)18(25)12-17-15(5)22-24(16(17)6)19-20-13(3)11-14(4)21-19/h7-8,11H,1-2,9-10,12H2,3-6H3. The molecule has 0 radical (unpaired) electrons. The number of carbonyl (C=O) groups is 1. The third-order valence-corrected chi connectivity index (χ3v) is 3.98. The van der Waals surface area contributed by atoms with Gasteiger partial charge >= 0.3 is 0 Å². The lowest BCUT2D eigenvalue weighted by molar-refractivity contribution is -0.129. The summed E-state index contributed by atoms with van der Waals surface area (Å²) in [5, 5.41) is 4.55. The lowest BCUT2D eigenvalue weighted by atomic mass is 10.1. The van der Waals surface area contributed by atoms with Gasteiger partial charge in [-0.1, -0.05) is 12.2 Å². The van der Waals surface area contributed by atoms with Crippen molar-refractivity contribution >= 4 is 5.91 Å². The maximum atomic E-state index is 12.6. The Bertz CT molecular complexity index is 776. The van der Waals surface area contributed by atoms with E-state index in [0.717, 1.165) is 28.3 Å². The number of rotatable bonds is 7. The zero-order valence-electron chi connectivity index (χ0n) is 15.4. The van der Waals surface area contributed by atoms with Crippen LogP contribution in [0.2, 0.25) is 0 Å². The Hall–Kier alpha value is -2.76. The van der Waals surface area contributed by atoms with Crippen LogP contribution in [0.15, 0.2) is 31.4 Å². The van der Waals surface area contributed by atoms with Gasteiger partial charge in [0.25, 0.3) is 5.95 Å². The Balaban J connectivity index is 2.34. The highest BCUT2D eigenvalue weighted by Crippen LogP contribution is 2.18. The summed E-state index contributed by atoms with van der Waals surface area (Å²) >= 11 is 0. The van der Waals surface area contributed by atoms with Crippen molar-refractivity contribution in [2.24, 2.45) is 0 Å². The van der Waals surface area contributed by atoms with Crippen LogP contribution in [0.5, 0.6) is 0 Å². The zero-order valence-corrected chi connectivity index (χ0v) is 15.4. The fourth-order valence-electron chi connectivity index (χ4n) is 2.78. The van der Waals surface area contributed by atoms with E-state index in [0.29, 0.717) is 19.0 Å². The number of aryl methyl sites for hydroxylation is 3. The highest BCUT2D eigenvalue weighted by Gasteiger charge is 2.20. The maximum absolute atomic E-state index is 12.6. The average Bonchev–Trinajstić information content (AvgIpc) is 2.82. The van der Waals surface area contributed by atoms with Crippen LogP contribution >= 0.6 is 0 Å². The third kappa shape index (κ3) is 4.21. The van der Waals surface area contributed by atoms with E-state index >= 15 is 0 Å². The first-order valence-electron chi connectivity index (χ1n) is 8.24. The predicted molar refractivity (Wildman–Crippen MR) is 98.8 cm³/mol. The normalized spacial score (nSPS) is 10.6. The van der Waals surface area contributed by atoms with Gasteiger partial charge < -0.3 is 4.90 Å². The van der Waals surface area contributed by atoms with Crippen molar-refractivity contribution in [3.05, 3.63) is 59.7 Å². The van der Waals surface area contributed by atoms with Crippen LogP contribution in [0, 0.1) is 27.7 Å². The molecule has 2 aromatic heterocycles. The SMILES string of the molecule is C=CCN(CC=C)C(=O)Cc1c(C)nn(-c2nc(C)cc(C)n2)c1C. The number of amides is 1. The molecule has 2 heterocycles. The van der Waals surface area contributed by atoms with E-state index < -0.39 is 0 Å². The minimum Gasteiger partial charge on any atom is -0.335 e. The van der Waals surface area contributed by atoms with Crippen molar-refractivity contribution in [2.75, 3.05) is 13.1 Å². The molecule has 25 heavy (non-hydrogen) atoms. The lowest BCUT2D eigenvalue weighted by Crippen LogP contribution is -2.32. The van der Waals surface area contributed by atoms with Crippen LogP contribution in [-0.4, -0.2) is 43.6 Å². The molecule has 0 unspecified atom stereocenters. The Labute approximate surface area is 148 Å². The highest BCUT2D eigenvalue weighted by atomic mass is 16.2. The van der Waals surface area contributed by atoms with E-state index in [-0.39, 0.29) is 12.3 Å². The molecule has 0 bridgehead atoms. The van der Waals surface area contributed by atoms with Crippen molar-refractivity contribution in [1.29, 1.82) is 0 Å². The van der Waals surface area contributed by atoms with E-state index in [9.17, 15) is 4.79 Å². The summed E-state index contributed by atoms with van der Waals surface area (Å²) < 4.78 is 1.71. The van der Waals surface area contributed by atoms with Crippen molar-refractivity contribution in [3.8, 4) is 5.95 Å². The van der Waals surface area contributed by atoms with Gasteiger partial charge in [-0.05, 0) is 33.8 Å². The van der Waals surface area contributed by atoms with Crippen LogP contribution in [0.3, 0.4) is 0 Å². The fourth-order valence-corrected chi connectivity index (χ4v) is 2.78. The lowest BCUT2D eigenvalue weighted by Gasteiger charge is -2.19. The van der Waals surface area contributed by atoms with E-state index in [2.05, 4.69) is 28.2 Å². The van der Waals surface area contributed by atoms with Gasteiger partial charge in [0.1, 0.15) is 0 Å². The summed E-state index contributed by atoms with van der Waals surface area (Å²) in [7, 11) is 0. The van der Waals surface area contributed by atoms with Gasteiger partial charge in [-0.25, -0.2) is 14.6 Å². The molecule has 132 valence electrons. The molecule has 0 N–H and O–H groups in total. The second-order valence-corrected chi connectivity index (χ2v) is 6.06. The number of aromatic nitrogens is 4.